The van der Waals surface area contributed by atoms with Crippen molar-refractivity contribution in [2.45, 2.75) is 32.7 Å². The fourth-order valence-corrected chi connectivity index (χ4v) is 1.88. The molecule has 7 heteroatoms. The van der Waals surface area contributed by atoms with Crippen LogP contribution in [0.4, 0.5) is 5.69 Å². The van der Waals surface area contributed by atoms with E-state index in [0.717, 1.165) is 6.42 Å². The van der Waals surface area contributed by atoms with Gasteiger partial charge in [0.25, 0.3) is 11.6 Å². The second-order valence-electron chi connectivity index (χ2n) is 4.60. The van der Waals surface area contributed by atoms with Crippen LogP contribution in [0.15, 0.2) is 22.7 Å². The average Bonchev–Trinajstić information content (AvgIpc) is 2.86. The number of nitro groups is 1. The van der Waals surface area contributed by atoms with Crippen LogP contribution in [0.3, 0.4) is 0 Å². The van der Waals surface area contributed by atoms with Crippen LogP contribution in [0.2, 0.25) is 0 Å². The summed E-state index contributed by atoms with van der Waals surface area (Å²) >= 11 is 0. The summed E-state index contributed by atoms with van der Waals surface area (Å²) in [6.07, 6.45) is 1.34. The molecule has 1 unspecified atom stereocenters. The highest BCUT2D eigenvalue weighted by molar-refractivity contribution is 5.64. The van der Waals surface area contributed by atoms with Crippen molar-refractivity contribution in [3.8, 4) is 11.5 Å². The van der Waals surface area contributed by atoms with E-state index >= 15 is 0 Å². The predicted octanol–water partition coefficient (Wildman–Crippen LogP) is 2.23. The quantitative estimate of drug-likeness (QED) is 0.662. The van der Waals surface area contributed by atoms with E-state index in [1.54, 1.807) is 19.1 Å². The molecule has 0 aliphatic carbocycles. The zero-order chi connectivity index (χ0) is 14.7. The number of rotatable bonds is 5. The lowest BCUT2D eigenvalue weighted by molar-refractivity contribution is -0.385. The van der Waals surface area contributed by atoms with Crippen LogP contribution < -0.4 is 5.73 Å². The van der Waals surface area contributed by atoms with E-state index in [1.165, 1.54) is 6.07 Å². The van der Waals surface area contributed by atoms with Crippen molar-refractivity contribution in [1.82, 2.24) is 10.1 Å². The third kappa shape index (κ3) is 2.83. The van der Waals surface area contributed by atoms with Gasteiger partial charge in [-0.1, -0.05) is 18.1 Å². The molecule has 2 N–H and O–H groups in total. The molecule has 0 spiro atoms. The van der Waals surface area contributed by atoms with Gasteiger partial charge < -0.3 is 10.3 Å². The number of hydrogen-bond acceptors (Lipinski definition) is 6. The molecule has 20 heavy (non-hydrogen) atoms. The van der Waals surface area contributed by atoms with Gasteiger partial charge in [0, 0.05) is 29.7 Å². The van der Waals surface area contributed by atoms with E-state index < -0.39 is 4.92 Å². The van der Waals surface area contributed by atoms with Crippen LogP contribution in [-0.4, -0.2) is 21.1 Å². The summed E-state index contributed by atoms with van der Waals surface area (Å²) in [4.78, 5) is 14.7. The minimum absolute atomic E-state index is 0.0216. The molecule has 106 valence electrons. The first-order valence-electron chi connectivity index (χ1n) is 6.35. The molecule has 0 aliphatic heterocycles. The Morgan fingerprint density at radius 1 is 1.50 bits per heavy atom. The lowest BCUT2D eigenvalue weighted by Crippen LogP contribution is -2.21. The zero-order valence-electron chi connectivity index (χ0n) is 11.4. The Morgan fingerprint density at radius 2 is 2.25 bits per heavy atom. The van der Waals surface area contributed by atoms with E-state index in [1.807, 2.05) is 6.92 Å². The smallest absolute Gasteiger partial charge is 0.273 e. The standard InChI is InChI=1S/C13H16N4O3/c1-3-9(14)7-12-15-13(20-16-12)10-5-4-6-11(8(10)2)17(18)19/h4-6,9H,3,7,14H2,1-2H3. The maximum absolute atomic E-state index is 10.9. The molecule has 1 atom stereocenters. The van der Waals surface area contributed by atoms with Crippen molar-refractivity contribution in [2.24, 2.45) is 5.73 Å². The molecule has 0 fully saturated rings. The van der Waals surface area contributed by atoms with E-state index in [4.69, 9.17) is 10.3 Å². The second-order valence-corrected chi connectivity index (χ2v) is 4.60. The van der Waals surface area contributed by atoms with Crippen LogP contribution in [0, 0.1) is 17.0 Å². The molecule has 1 aromatic heterocycles. The Morgan fingerprint density at radius 3 is 2.90 bits per heavy atom. The third-order valence-corrected chi connectivity index (χ3v) is 3.17. The van der Waals surface area contributed by atoms with Gasteiger partial charge in [-0.05, 0) is 19.4 Å². The Balaban J connectivity index is 2.33. The molecule has 0 aliphatic rings. The highest BCUT2D eigenvalue weighted by Crippen LogP contribution is 2.28. The molecule has 0 radical (unpaired) electrons. The van der Waals surface area contributed by atoms with Gasteiger partial charge in [0.1, 0.15) is 0 Å². The van der Waals surface area contributed by atoms with Crippen molar-refractivity contribution in [3.63, 3.8) is 0 Å². The van der Waals surface area contributed by atoms with Crippen LogP contribution in [-0.2, 0) is 6.42 Å². The van der Waals surface area contributed by atoms with Crippen molar-refractivity contribution in [2.75, 3.05) is 0 Å². The fraction of sp³-hybridized carbons (Fsp3) is 0.385. The van der Waals surface area contributed by atoms with Crippen molar-refractivity contribution in [3.05, 3.63) is 39.7 Å². The first-order valence-corrected chi connectivity index (χ1v) is 6.35. The number of nitrogens with zero attached hydrogens (tertiary/aromatic N) is 3. The van der Waals surface area contributed by atoms with Crippen molar-refractivity contribution >= 4 is 5.69 Å². The molecule has 1 aromatic carbocycles. The number of nitro benzene ring substituents is 1. The van der Waals surface area contributed by atoms with Crippen LogP contribution in [0.1, 0.15) is 24.7 Å². The molecule has 2 rings (SSSR count). The van der Waals surface area contributed by atoms with Gasteiger partial charge >= 0.3 is 0 Å². The normalized spacial score (nSPS) is 12.3. The van der Waals surface area contributed by atoms with Crippen LogP contribution in [0.25, 0.3) is 11.5 Å². The zero-order valence-corrected chi connectivity index (χ0v) is 11.4. The summed E-state index contributed by atoms with van der Waals surface area (Å²) in [6, 6.07) is 4.75. The highest BCUT2D eigenvalue weighted by Gasteiger charge is 2.18. The number of benzene rings is 1. The first kappa shape index (κ1) is 14.1. The molecule has 7 nitrogen and oxygen atoms in total. The van der Waals surface area contributed by atoms with Gasteiger partial charge in [-0.25, -0.2) is 0 Å². The van der Waals surface area contributed by atoms with E-state index in [0.29, 0.717) is 23.4 Å². The molecular weight excluding hydrogens is 260 g/mol. The van der Waals surface area contributed by atoms with Gasteiger partial charge in [0.05, 0.1) is 4.92 Å². The number of aromatic nitrogens is 2. The number of nitrogens with two attached hydrogens (primary N) is 1. The minimum Gasteiger partial charge on any atom is -0.334 e. The lowest BCUT2D eigenvalue weighted by atomic mass is 10.1. The first-order chi connectivity index (χ1) is 9.52. The Bertz CT molecular complexity index is 624. The summed E-state index contributed by atoms with van der Waals surface area (Å²) in [6.45, 7) is 3.64. The average molecular weight is 276 g/mol. The molecule has 1 heterocycles. The summed E-state index contributed by atoms with van der Waals surface area (Å²) < 4.78 is 5.17. The minimum atomic E-state index is -0.427. The molecule has 0 saturated heterocycles. The van der Waals surface area contributed by atoms with Crippen LogP contribution in [0.5, 0.6) is 0 Å². The maximum Gasteiger partial charge on any atom is 0.273 e. The SMILES string of the molecule is CCC(N)Cc1noc(-c2cccc([N+](=O)[O-])c2C)n1. The van der Waals surface area contributed by atoms with E-state index in [9.17, 15) is 10.1 Å². The summed E-state index contributed by atoms with van der Waals surface area (Å²) in [5.74, 6) is 0.796. The lowest BCUT2D eigenvalue weighted by Gasteiger charge is -2.03. The molecule has 0 amide bonds. The molecular formula is C13H16N4O3. The third-order valence-electron chi connectivity index (χ3n) is 3.17. The Kier molecular flexibility index (Phi) is 4.09. The molecule has 2 aromatic rings. The predicted molar refractivity (Wildman–Crippen MR) is 73.1 cm³/mol. The topological polar surface area (TPSA) is 108 Å². The monoisotopic (exact) mass is 276 g/mol. The van der Waals surface area contributed by atoms with E-state index in [-0.39, 0.29) is 17.6 Å². The van der Waals surface area contributed by atoms with E-state index in [2.05, 4.69) is 10.1 Å². The summed E-state index contributed by atoms with van der Waals surface area (Å²) in [7, 11) is 0. The van der Waals surface area contributed by atoms with Crippen LogP contribution >= 0.6 is 0 Å². The Hall–Kier alpha value is -2.28. The summed E-state index contributed by atoms with van der Waals surface area (Å²) in [5.41, 5.74) is 6.95. The highest BCUT2D eigenvalue weighted by atomic mass is 16.6. The molecule has 0 saturated carbocycles. The molecule has 0 bridgehead atoms. The van der Waals surface area contributed by atoms with Gasteiger partial charge in [0.2, 0.25) is 0 Å². The van der Waals surface area contributed by atoms with Crippen molar-refractivity contribution in [1.29, 1.82) is 0 Å². The van der Waals surface area contributed by atoms with Gasteiger partial charge in [-0.3, -0.25) is 10.1 Å². The Labute approximate surface area is 115 Å². The second kappa shape index (κ2) is 5.79. The fourth-order valence-electron chi connectivity index (χ4n) is 1.88. The van der Waals surface area contributed by atoms with Gasteiger partial charge in [-0.2, -0.15) is 4.98 Å². The van der Waals surface area contributed by atoms with Crippen molar-refractivity contribution < 1.29 is 9.45 Å². The largest absolute Gasteiger partial charge is 0.334 e. The number of hydrogen-bond donors (Lipinski definition) is 1. The van der Waals surface area contributed by atoms with Gasteiger partial charge in [0.15, 0.2) is 5.82 Å². The summed E-state index contributed by atoms with van der Waals surface area (Å²) in [5, 5.41) is 14.8. The maximum atomic E-state index is 10.9. The van der Waals surface area contributed by atoms with Gasteiger partial charge in [-0.15, -0.1) is 0 Å².